The molecule has 1 heterocycles. The van der Waals surface area contributed by atoms with Gasteiger partial charge in [-0.2, -0.15) is 0 Å². The smallest absolute Gasteiger partial charge is 0.223 e. The predicted octanol–water partition coefficient (Wildman–Crippen LogP) is 2.10. The average Bonchev–Trinajstić information content (AvgIpc) is 3.40. The van der Waals surface area contributed by atoms with Crippen LogP contribution in [-0.4, -0.2) is 25.0 Å². The molecule has 0 aromatic heterocycles. The third-order valence-electron chi connectivity index (χ3n) is 5.32. The molecule has 3 unspecified atom stereocenters. The van der Waals surface area contributed by atoms with Gasteiger partial charge in [0.2, 0.25) is 11.8 Å². The summed E-state index contributed by atoms with van der Waals surface area (Å²) in [6, 6.07) is 10.2. The fraction of sp³-hybridized carbons (Fsp3) is 0.579. The Kier molecular flexibility index (Phi) is 5.19. The molecule has 130 valence electrons. The van der Waals surface area contributed by atoms with Gasteiger partial charge in [-0.25, -0.2) is 0 Å². The number of rotatable bonds is 7. The van der Waals surface area contributed by atoms with E-state index in [1.165, 1.54) is 5.56 Å². The van der Waals surface area contributed by atoms with Crippen molar-refractivity contribution in [2.45, 2.75) is 44.1 Å². The van der Waals surface area contributed by atoms with Crippen LogP contribution in [0.5, 0.6) is 0 Å². The van der Waals surface area contributed by atoms with E-state index >= 15 is 0 Å². The summed E-state index contributed by atoms with van der Waals surface area (Å²) in [7, 11) is 0. The molecule has 0 bridgehead atoms. The Morgan fingerprint density at radius 2 is 1.83 bits per heavy atom. The molecule has 1 saturated heterocycles. The van der Waals surface area contributed by atoms with E-state index in [1.54, 1.807) is 0 Å². The number of hydrogen-bond acceptors (Lipinski definition) is 3. The van der Waals surface area contributed by atoms with Crippen LogP contribution in [0.25, 0.3) is 0 Å². The molecule has 2 aliphatic rings. The number of primary amides is 1. The highest BCUT2D eigenvalue weighted by Crippen LogP contribution is 2.42. The van der Waals surface area contributed by atoms with E-state index in [0.29, 0.717) is 6.54 Å². The first-order valence-corrected chi connectivity index (χ1v) is 8.89. The minimum atomic E-state index is -0.343. The van der Waals surface area contributed by atoms with Crippen LogP contribution >= 0.6 is 0 Å². The standard InChI is InChI=1S/C19H26N2O3/c20-17(22)15-9-4-5-10-16(15)18(23)21-12-6-11-19(13-24-19)14-7-2-1-3-8-14/h1-3,7-8,15-16H,4-6,9-13H2,(H2,20,22)(H,21,23). The van der Waals surface area contributed by atoms with Gasteiger partial charge in [0, 0.05) is 18.4 Å². The maximum absolute atomic E-state index is 12.4. The molecular weight excluding hydrogens is 304 g/mol. The van der Waals surface area contributed by atoms with E-state index in [-0.39, 0.29) is 29.3 Å². The van der Waals surface area contributed by atoms with Gasteiger partial charge in [0.1, 0.15) is 5.60 Å². The van der Waals surface area contributed by atoms with Crippen LogP contribution in [0.2, 0.25) is 0 Å². The molecule has 3 N–H and O–H groups in total. The molecule has 5 nitrogen and oxygen atoms in total. The van der Waals surface area contributed by atoms with Crippen molar-refractivity contribution in [2.75, 3.05) is 13.2 Å². The summed E-state index contributed by atoms with van der Waals surface area (Å²) in [4.78, 5) is 23.9. The van der Waals surface area contributed by atoms with Crippen molar-refractivity contribution in [2.24, 2.45) is 17.6 Å². The molecule has 1 aromatic carbocycles. The maximum Gasteiger partial charge on any atom is 0.223 e. The van der Waals surface area contributed by atoms with E-state index in [2.05, 4.69) is 17.4 Å². The molecule has 1 aromatic rings. The number of hydrogen-bond donors (Lipinski definition) is 2. The van der Waals surface area contributed by atoms with Crippen molar-refractivity contribution in [1.29, 1.82) is 0 Å². The van der Waals surface area contributed by atoms with E-state index in [0.717, 1.165) is 45.1 Å². The Hall–Kier alpha value is -1.88. The number of benzene rings is 1. The highest BCUT2D eigenvalue weighted by Gasteiger charge is 2.45. The number of carbonyl (C=O) groups excluding carboxylic acids is 2. The van der Waals surface area contributed by atoms with Crippen LogP contribution in [0.4, 0.5) is 0 Å². The summed E-state index contributed by atoms with van der Waals surface area (Å²) >= 11 is 0. The minimum absolute atomic E-state index is 0.0241. The van der Waals surface area contributed by atoms with Crippen molar-refractivity contribution in [3.63, 3.8) is 0 Å². The zero-order chi connectivity index (χ0) is 17.0. The molecule has 1 saturated carbocycles. The van der Waals surface area contributed by atoms with E-state index in [4.69, 9.17) is 10.5 Å². The fourth-order valence-electron chi connectivity index (χ4n) is 3.79. The zero-order valence-corrected chi connectivity index (χ0v) is 14.0. The summed E-state index contributed by atoms with van der Waals surface area (Å²) in [5.41, 5.74) is 6.49. The fourth-order valence-corrected chi connectivity index (χ4v) is 3.79. The van der Waals surface area contributed by atoms with E-state index in [1.807, 2.05) is 18.2 Å². The van der Waals surface area contributed by atoms with E-state index in [9.17, 15) is 9.59 Å². The molecule has 3 rings (SSSR count). The van der Waals surface area contributed by atoms with Gasteiger partial charge in [0.15, 0.2) is 0 Å². The summed E-state index contributed by atoms with van der Waals surface area (Å²) in [5.74, 6) is -0.925. The van der Waals surface area contributed by atoms with Gasteiger partial charge >= 0.3 is 0 Å². The van der Waals surface area contributed by atoms with Crippen LogP contribution in [0.3, 0.4) is 0 Å². The Morgan fingerprint density at radius 3 is 2.46 bits per heavy atom. The summed E-state index contributed by atoms with van der Waals surface area (Å²) < 4.78 is 5.68. The Morgan fingerprint density at radius 1 is 1.17 bits per heavy atom. The van der Waals surface area contributed by atoms with Gasteiger partial charge in [-0.1, -0.05) is 43.2 Å². The molecule has 0 radical (unpaired) electrons. The van der Waals surface area contributed by atoms with Crippen molar-refractivity contribution in [1.82, 2.24) is 5.32 Å². The molecule has 0 spiro atoms. The quantitative estimate of drug-likeness (QED) is 0.593. The van der Waals surface area contributed by atoms with Crippen molar-refractivity contribution < 1.29 is 14.3 Å². The second kappa shape index (κ2) is 7.34. The summed E-state index contributed by atoms with van der Waals surface area (Å²) in [6.45, 7) is 1.36. The van der Waals surface area contributed by atoms with Crippen molar-refractivity contribution in [3.05, 3.63) is 35.9 Å². The molecule has 24 heavy (non-hydrogen) atoms. The number of carbonyl (C=O) groups is 2. The molecular formula is C19H26N2O3. The van der Waals surface area contributed by atoms with Gasteiger partial charge in [-0.05, 0) is 31.2 Å². The van der Waals surface area contributed by atoms with Crippen LogP contribution < -0.4 is 11.1 Å². The van der Waals surface area contributed by atoms with Crippen LogP contribution in [0.1, 0.15) is 44.1 Å². The predicted molar refractivity (Wildman–Crippen MR) is 91.0 cm³/mol. The number of amides is 2. The van der Waals surface area contributed by atoms with Gasteiger partial charge in [-0.15, -0.1) is 0 Å². The van der Waals surface area contributed by atoms with Gasteiger partial charge in [-0.3, -0.25) is 9.59 Å². The molecule has 2 amide bonds. The monoisotopic (exact) mass is 330 g/mol. The highest BCUT2D eigenvalue weighted by molar-refractivity contribution is 5.87. The number of nitrogens with two attached hydrogens (primary N) is 1. The van der Waals surface area contributed by atoms with Gasteiger partial charge in [0.25, 0.3) is 0 Å². The lowest BCUT2D eigenvalue weighted by Gasteiger charge is -2.28. The third kappa shape index (κ3) is 3.78. The van der Waals surface area contributed by atoms with Gasteiger partial charge in [0.05, 0.1) is 6.61 Å². The largest absolute Gasteiger partial charge is 0.369 e. The van der Waals surface area contributed by atoms with Crippen LogP contribution in [0, 0.1) is 11.8 Å². The first-order chi connectivity index (χ1) is 11.6. The number of ether oxygens (including phenoxy) is 1. The molecule has 2 fully saturated rings. The topological polar surface area (TPSA) is 84.7 Å². The number of nitrogens with one attached hydrogen (secondary N) is 1. The van der Waals surface area contributed by atoms with Crippen molar-refractivity contribution >= 4 is 11.8 Å². The summed E-state index contributed by atoms with van der Waals surface area (Å²) in [5, 5.41) is 2.99. The first-order valence-electron chi connectivity index (χ1n) is 8.89. The Bertz CT molecular complexity index is 584. The summed E-state index contributed by atoms with van der Waals surface area (Å²) in [6.07, 6.45) is 5.21. The number of epoxide rings is 1. The normalized spacial score (nSPS) is 29.0. The zero-order valence-electron chi connectivity index (χ0n) is 14.0. The second-order valence-corrected chi connectivity index (χ2v) is 6.94. The molecule has 1 aliphatic heterocycles. The maximum atomic E-state index is 12.4. The lowest BCUT2D eigenvalue weighted by molar-refractivity contribution is -0.134. The lowest BCUT2D eigenvalue weighted by Crippen LogP contribution is -2.42. The first kappa shape index (κ1) is 17.0. The highest BCUT2D eigenvalue weighted by atomic mass is 16.6. The van der Waals surface area contributed by atoms with Crippen LogP contribution in [-0.2, 0) is 19.9 Å². The molecule has 1 aliphatic carbocycles. The van der Waals surface area contributed by atoms with Crippen LogP contribution in [0.15, 0.2) is 30.3 Å². The SMILES string of the molecule is NC(=O)C1CCCCC1C(=O)NCCCC1(c2ccccc2)CO1. The third-order valence-corrected chi connectivity index (χ3v) is 5.32. The van der Waals surface area contributed by atoms with Crippen molar-refractivity contribution in [3.8, 4) is 0 Å². The molecule has 3 atom stereocenters. The lowest BCUT2D eigenvalue weighted by atomic mass is 9.78. The Labute approximate surface area is 142 Å². The Balaban J connectivity index is 1.45. The minimum Gasteiger partial charge on any atom is -0.369 e. The second-order valence-electron chi connectivity index (χ2n) is 6.94. The molecule has 5 heteroatoms. The average molecular weight is 330 g/mol. The van der Waals surface area contributed by atoms with E-state index < -0.39 is 0 Å². The van der Waals surface area contributed by atoms with Gasteiger partial charge < -0.3 is 15.8 Å².